The van der Waals surface area contributed by atoms with Crippen LogP contribution in [0, 0.1) is 11.7 Å². The Hall–Kier alpha value is -1.20. The van der Waals surface area contributed by atoms with E-state index in [2.05, 4.69) is 28.4 Å². The van der Waals surface area contributed by atoms with Crippen LogP contribution in [0.5, 0.6) is 0 Å². The summed E-state index contributed by atoms with van der Waals surface area (Å²) in [6, 6.07) is 2.24. The molecule has 2 rings (SSSR count). The second-order valence-corrected chi connectivity index (χ2v) is 4.91. The first-order valence-electron chi connectivity index (χ1n) is 6.23. The summed E-state index contributed by atoms with van der Waals surface area (Å²) in [6.07, 6.45) is 3.95. The Labute approximate surface area is 112 Å². The quantitative estimate of drug-likeness (QED) is 0.843. The second-order valence-electron chi connectivity index (χ2n) is 4.52. The molecule has 0 aliphatic heterocycles. The van der Waals surface area contributed by atoms with Gasteiger partial charge in [-0.25, -0.2) is 4.98 Å². The van der Waals surface area contributed by atoms with Crippen LogP contribution in [0.1, 0.15) is 31.4 Å². The summed E-state index contributed by atoms with van der Waals surface area (Å²) < 4.78 is 8.12. The topological polar surface area (TPSA) is 42.8 Å². The Bertz CT molecular complexity index is 581. The van der Waals surface area contributed by atoms with Gasteiger partial charge in [-0.1, -0.05) is 13.3 Å². The van der Waals surface area contributed by atoms with Crippen LogP contribution in [0.2, 0.25) is 0 Å². The number of methoxy groups -OCH3 is 1. The third-order valence-corrected chi connectivity index (χ3v) is 3.46. The van der Waals surface area contributed by atoms with Crippen molar-refractivity contribution in [3.63, 3.8) is 0 Å². The van der Waals surface area contributed by atoms with Crippen LogP contribution in [0.3, 0.4) is 0 Å². The molecule has 0 spiro atoms. The second kappa shape index (κ2) is 5.63. The van der Waals surface area contributed by atoms with E-state index in [0.717, 1.165) is 34.3 Å². The standard InChI is InChI=1S/C13H19N3OS/c1-4-5-10(8-17-3)16-12-11(15-13(16)18)9(2)6-7-14-12/h6-7,10H,4-5,8H2,1-3H3,(H,15,18). The number of nitrogens with zero attached hydrogens (tertiary/aromatic N) is 2. The number of hydrogen-bond acceptors (Lipinski definition) is 3. The van der Waals surface area contributed by atoms with Gasteiger partial charge < -0.3 is 9.72 Å². The van der Waals surface area contributed by atoms with E-state index in [4.69, 9.17) is 17.0 Å². The Morgan fingerprint density at radius 3 is 3.00 bits per heavy atom. The summed E-state index contributed by atoms with van der Waals surface area (Å²) in [5, 5.41) is 0. The maximum absolute atomic E-state index is 5.43. The third kappa shape index (κ3) is 2.33. The summed E-state index contributed by atoms with van der Waals surface area (Å²) in [7, 11) is 1.72. The van der Waals surface area contributed by atoms with Gasteiger partial charge in [0.05, 0.1) is 18.2 Å². The maximum atomic E-state index is 5.43. The molecule has 0 fully saturated rings. The fraction of sp³-hybridized carbons (Fsp3) is 0.538. The summed E-state index contributed by atoms with van der Waals surface area (Å²) in [6.45, 7) is 4.88. The predicted octanol–water partition coefficient (Wildman–Crippen LogP) is 3.39. The number of rotatable bonds is 5. The van der Waals surface area contributed by atoms with Gasteiger partial charge in [-0.15, -0.1) is 0 Å². The van der Waals surface area contributed by atoms with E-state index in [1.165, 1.54) is 0 Å². The molecule has 0 aliphatic carbocycles. The number of imidazole rings is 1. The van der Waals surface area contributed by atoms with Crippen molar-refractivity contribution in [2.24, 2.45) is 0 Å². The molecule has 5 heteroatoms. The van der Waals surface area contributed by atoms with E-state index >= 15 is 0 Å². The lowest BCUT2D eigenvalue weighted by atomic mass is 10.2. The highest BCUT2D eigenvalue weighted by molar-refractivity contribution is 7.71. The van der Waals surface area contributed by atoms with Crippen molar-refractivity contribution in [1.29, 1.82) is 0 Å². The summed E-state index contributed by atoms with van der Waals surface area (Å²) in [4.78, 5) is 7.71. The molecule has 0 saturated carbocycles. The van der Waals surface area contributed by atoms with Crippen molar-refractivity contribution in [3.05, 3.63) is 22.6 Å². The van der Waals surface area contributed by atoms with Gasteiger partial charge in [0, 0.05) is 13.3 Å². The van der Waals surface area contributed by atoms with Gasteiger partial charge in [-0.05, 0) is 37.2 Å². The molecular formula is C13H19N3OS. The molecule has 4 nitrogen and oxygen atoms in total. The lowest BCUT2D eigenvalue weighted by Crippen LogP contribution is -2.15. The first-order chi connectivity index (χ1) is 8.69. The molecule has 0 aromatic carbocycles. The average molecular weight is 265 g/mol. The zero-order valence-electron chi connectivity index (χ0n) is 11.1. The molecule has 0 radical (unpaired) electrons. The molecule has 0 amide bonds. The lowest BCUT2D eigenvalue weighted by Gasteiger charge is -2.17. The fourth-order valence-corrected chi connectivity index (χ4v) is 2.63. The first kappa shape index (κ1) is 13.2. The Kier molecular flexibility index (Phi) is 4.14. The zero-order chi connectivity index (χ0) is 13.1. The molecule has 2 aromatic rings. The molecule has 1 atom stereocenters. The fourth-order valence-electron chi connectivity index (χ4n) is 2.30. The van der Waals surface area contributed by atoms with Crippen LogP contribution in [-0.4, -0.2) is 28.3 Å². The third-order valence-electron chi connectivity index (χ3n) is 3.16. The Morgan fingerprint density at radius 2 is 2.33 bits per heavy atom. The zero-order valence-corrected chi connectivity index (χ0v) is 11.9. The van der Waals surface area contributed by atoms with E-state index in [1.54, 1.807) is 7.11 Å². The van der Waals surface area contributed by atoms with Gasteiger partial charge in [0.1, 0.15) is 0 Å². The van der Waals surface area contributed by atoms with Crippen molar-refractivity contribution in [2.45, 2.75) is 32.7 Å². The van der Waals surface area contributed by atoms with E-state index < -0.39 is 0 Å². The number of aromatic amines is 1. The molecule has 18 heavy (non-hydrogen) atoms. The van der Waals surface area contributed by atoms with Crippen LogP contribution in [0.4, 0.5) is 0 Å². The van der Waals surface area contributed by atoms with Gasteiger partial charge in [-0.2, -0.15) is 0 Å². The van der Waals surface area contributed by atoms with Crippen LogP contribution in [-0.2, 0) is 4.74 Å². The normalized spacial score (nSPS) is 13.1. The number of aromatic nitrogens is 3. The van der Waals surface area contributed by atoms with E-state index in [1.807, 2.05) is 12.3 Å². The molecule has 0 saturated heterocycles. The minimum atomic E-state index is 0.246. The van der Waals surface area contributed by atoms with Gasteiger partial charge in [0.15, 0.2) is 10.4 Å². The van der Waals surface area contributed by atoms with Crippen LogP contribution in [0.15, 0.2) is 12.3 Å². The number of pyridine rings is 1. The summed E-state index contributed by atoms with van der Waals surface area (Å²) in [5.41, 5.74) is 3.12. The molecular weight excluding hydrogens is 246 g/mol. The molecule has 1 unspecified atom stereocenters. The van der Waals surface area contributed by atoms with E-state index in [9.17, 15) is 0 Å². The number of ether oxygens (including phenoxy) is 1. The smallest absolute Gasteiger partial charge is 0.179 e. The Balaban J connectivity index is 2.58. The number of nitrogens with one attached hydrogen (secondary N) is 1. The van der Waals surface area contributed by atoms with Gasteiger partial charge in [0.2, 0.25) is 0 Å². The highest BCUT2D eigenvalue weighted by Gasteiger charge is 2.16. The van der Waals surface area contributed by atoms with Crippen molar-refractivity contribution in [3.8, 4) is 0 Å². The molecule has 0 bridgehead atoms. The van der Waals surface area contributed by atoms with E-state index in [0.29, 0.717) is 6.61 Å². The average Bonchev–Trinajstić information content (AvgIpc) is 2.67. The van der Waals surface area contributed by atoms with Crippen molar-refractivity contribution in [2.75, 3.05) is 13.7 Å². The maximum Gasteiger partial charge on any atom is 0.179 e. The van der Waals surface area contributed by atoms with Crippen molar-refractivity contribution in [1.82, 2.24) is 14.5 Å². The highest BCUT2D eigenvalue weighted by atomic mass is 32.1. The molecule has 1 N–H and O–H groups in total. The number of H-pyrrole nitrogens is 1. The first-order valence-corrected chi connectivity index (χ1v) is 6.64. The largest absolute Gasteiger partial charge is 0.383 e. The van der Waals surface area contributed by atoms with Crippen LogP contribution in [0.25, 0.3) is 11.2 Å². The predicted molar refractivity (Wildman–Crippen MR) is 75.5 cm³/mol. The molecule has 2 aromatic heterocycles. The minimum Gasteiger partial charge on any atom is -0.383 e. The molecule has 98 valence electrons. The monoisotopic (exact) mass is 265 g/mol. The van der Waals surface area contributed by atoms with E-state index in [-0.39, 0.29) is 6.04 Å². The van der Waals surface area contributed by atoms with Gasteiger partial charge >= 0.3 is 0 Å². The minimum absolute atomic E-state index is 0.246. The number of aryl methyl sites for hydroxylation is 1. The van der Waals surface area contributed by atoms with Crippen molar-refractivity contribution < 1.29 is 4.74 Å². The molecule has 2 heterocycles. The summed E-state index contributed by atoms with van der Waals surface area (Å²) >= 11 is 5.43. The van der Waals surface area contributed by atoms with Gasteiger partial charge in [-0.3, -0.25) is 4.57 Å². The highest BCUT2D eigenvalue weighted by Crippen LogP contribution is 2.23. The summed E-state index contributed by atoms with van der Waals surface area (Å²) in [5.74, 6) is 0. The number of fused-ring (bicyclic) bond motifs is 1. The van der Waals surface area contributed by atoms with Crippen LogP contribution >= 0.6 is 12.2 Å². The van der Waals surface area contributed by atoms with Gasteiger partial charge in [0.25, 0.3) is 0 Å². The molecule has 0 aliphatic rings. The lowest BCUT2D eigenvalue weighted by molar-refractivity contribution is 0.151. The Morgan fingerprint density at radius 1 is 1.56 bits per heavy atom. The number of hydrogen-bond donors (Lipinski definition) is 1. The van der Waals surface area contributed by atoms with Crippen molar-refractivity contribution >= 4 is 23.4 Å². The SMILES string of the molecule is CCCC(COC)n1c(=S)[nH]c2c(C)ccnc21. The van der Waals surface area contributed by atoms with Crippen LogP contribution < -0.4 is 0 Å².